The maximum absolute atomic E-state index is 5.62. The molecule has 1 atom stereocenters. The first-order valence-electron chi connectivity index (χ1n) is 8.06. The van der Waals surface area contributed by atoms with Crippen LogP contribution in [0.5, 0.6) is 0 Å². The first-order valence-corrected chi connectivity index (χ1v) is 8.06. The topological polar surface area (TPSA) is 54.9 Å². The van der Waals surface area contributed by atoms with Crippen molar-refractivity contribution < 1.29 is 9.47 Å². The highest BCUT2D eigenvalue weighted by molar-refractivity contribution is 5.79. The smallest absolute Gasteiger partial charge is 0.191 e. The average Bonchev–Trinajstić information content (AvgIpc) is 3.07. The van der Waals surface area contributed by atoms with Crippen molar-refractivity contribution >= 4 is 5.96 Å². The molecule has 1 aromatic carbocycles. The molecule has 1 aromatic rings. The van der Waals surface area contributed by atoms with E-state index in [0.29, 0.717) is 19.3 Å². The second-order valence-electron chi connectivity index (χ2n) is 5.37. The van der Waals surface area contributed by atoms with Crippen LogP contribution in [0.1, 0.15) is 18.4 Å². The van der Waals surface area contributed by atoms with Crippen LogP contribution in [-0.2, 0) is 15.9 Å². The molecular formula is C17H27N3O2. The Morgan fingerprint density at radius 3 is 2.82 bits per heavy atom. The number of ether oxygens (including phenoxy) is 2. The van der Waals surface area contributed by atoms with Crippen LogP contribution in [0, 0.1) is 0 Å². The third kappa shape index (κ3) is 6.45. The summed E-state index contributed by atoms with van der Waals surface area (Å²) in [6, 6.07) is 10.4. The number of guanidine groups is 1. The highest BCUT2D eigenvalue weighted by Gasteiger charge is 2.14. The monoisotopic (exact) mass is 305 g/mol. The van der Waals surface area contributed by atoms with Crippen molar-refractivity contribution in [2.24, 2.45) is 4.99 Å². The van der Waals surface area contributed by atoms with Gasteiger partial charge in [0, 0.05) is 26.7 Å². The molecule has 0 aromatic heterocycles. The van der Waals surface area contributed by atoms with Crippen molar-refractivity contribution in [1.82, 2.24) is 10.6 Å². The van der Waals surface area contributed by atoms with E-state index in [4.69, 9.17) is 9.47 Å². The molecule has 22 heavy (non-hydrogen) atoms. The minimum Gasteiger partial charge on any atom is -0.377 e. The summed E-state index contributed by atoms with van der Waals surface area (Å²) in [6.45, 7) is 3.85. The Bertz CT molecular complexity index is 431. The van der Waals surface area contributed by atoms with Gasteiger partial charge in [0.15, 0.2) is 5.96 Å². The molecule has 0 saturated carbocycles. The number of hydrogen-bond acceptors (Lipinski definition) is 3. The Labute approximate surface area is 133 Å². The Morgan fingerprint density at radius 1 is 1.27 bits per heavy atom. The molecule has 0 bridgehead atoms. The SMILES string of the molecule is CN=C(NCCOCC1CCCO1)NCCc1ccccc1. The van der Waals surface area contributed by atoms with E-state index in [-0.39, 0.29) is 0 Å². The summed E-state index contributed by atoms with van der Waals surface area (Å²) < 4.78 is 11.1. The number of nitrogens with zero attached hydrogens (tertiary/aromatic N) is 1. The van der Waals surface area contributed by atoms with Crippen molar-refractivity contribution in [2.45, 2.75) is 25.4 Å². The zero-order chi connectivity index (χ0) is 15.5. The molecule has 0 radical (unpaired) electrons. The summed E-state index contributed by atoms with van der Waals surface area (Å²) in [4.78, 5) is 4.21. The lowest BCUT2D eigenvalue weighted by atomic mass is 10.1. The fourth-order valence-corrected chi connectivity index (χ4v) is 2.42. The summed E-state index contributed by atoms with van der Waals surface area (Å²) >= 11 is 0. The third-order valence-corrected chi connectivity index (χ3v) is 3.64. The van der Waals surface area contributed by atoms with Crippen molar-refractivity contribution in [1.29, 1.82) is 0 Å². The van der Waals surface area contributed by atoms with Gasteiger partial charge in [-0.25, -0.2) is 0 Å². The summed E-state index contributed by atoms with van der Waals surface area (Å²) in [5.74, 6) is 0.816. The quantitative estimate of drug-likeness (QED) is 0.435. The first kappa shape index (κ1) is 16.8. The van der Waals surface area contributed by atoms with E-state index in [9.17, 15) is 0 Å². The fraction of sp³-hybridized carbons (Fsp3) is 0.588. The van der Waals surface area contributed by atoms with Gasteiger partial charge in [0.2, 0.25) is 0 Å². The minimum absolute atomic E-state index is 0.295. The Kier molecular flexibility index (Phi) is 7.77. The van der Waals surface area contributed by atoms with Crippen LogP contribution in [0.15, 0.2) is 35.3 Å². The standard InChI is InChI=1S/C17H27N3O2/c1-18-17(19-10-9-15-6-3-2-4-7-15)20-11-13-21-14-16-8-5-12-22-16/h2-4,6-7,16H,5,8-14H2,1H3,(H2,18,19,20). The molecule has 1 aliphatic heterocycles. The molecule has 0 aliphatic carbocycles. The lowest BCUT2D eigenvalue weighted by Gasteiger charge is -2.13. The van der Waals surface area contributed by atoms with Gasteiger partial charge in [-0.05, 0) is 24.8 Å². The van der Waals surface area contributed by atoms with Crippen LogP contribution in [0.4, 0.5) is 0 Å². The molecule has 1 heterocycles. The first-order chi connectivity index (χ1) is 10.9. The molecule has 2 rings (SSSR count). The molecule has 1 saturated heterocycles. The number of nitrogens with one attached hydrogen (secondary N) is 2. The Morgan fingerprint density at radius 2 is 2.09 bits per heavy atom. The lowest BCUT2D eigenvalue weighted by molar-refractivity contribution is 0.0191. The van der Waals surface area contributed by atoms with Crippen LogP contribution in [0.25, 0.3) is 0 Å². The van der Waals surface area contributed by atoms with Crippen LogP contribution in [0.3, 0.4) is 0 Å². The van der Waals surface area contributed by atoms with Gasteiger partial charge < -0.3 is 20.1 Å². The van der Waals surface area contributed by atoms with Crippen molar-refractivity contribution in [2.75, 3.05) is 40.0 Å². The van der Waals surface area contributed by atoms with E-state index in [1.807, 2.05) is 6.07 Å². The molecule has 1 fully saturated rings. The third-order valence-electron chi connectivity index (χ3n) is 3.64. The van der Waals surface area contributed by atoms with Gasteiger partial charge in [-0.1, -0.05) is 30.3 Å². The van der Waals surface area contributed by atoms with Crippen molar-refractivity contribution in [3.8, 4) is 0 Å². The average molecular weight is 305 g/mol. The molecule has 122 valence electrons. The van der Waals surface area contributed by atoms with Gasteiger partial charge in [0.05, 0.1) is 19.3 Å². The van der Waals surface area contributed by atoms with Crippen molar-refractivity contribution in [3.05, 3.63) is 35.9 Å². The number of aliphatic imine (C=N–C) groups is 1. The zero-order valence-electron chi connectivity index (χ0n) is 13.4. The second-order valence-corrected chi connectivity index (χ2v) is 5.37. The predicted molar refractivity (Wildman–Crippen MR) is 89.3 cm³/mol. The summed E-state index contributed by atoms with van der Waals surface area (Å²) in [6.07, 6.45) is 3.56. The molecule has 2 N–H and O–H groups in total. The normalized spacial score (nSPS) is 18.4. The Hall–Kier alpha value is -1.59. The predicted octanol–water partition coefficient (Wildman–Crippen LogP) is 1.59. The van der Waals surface area contributed by atoms with Crippen molar-refractivity contribution in [3.63, 3.8) is 0 Å². The maximum atomic E-state index is 5.62. The number of hydrogen-bond donors (Lipinski definition) is 2. The van der Waals surface area contributed by atoms with E-state index in [1.165, 1.54) is 5.56 Å². The molecule has 5 nitrogen and oxygen atoms in total. The number of benzene rings is 1. The van der Waals surface area contributed by atoms with Gasteiger partial charge in [0.1, 0.15) is 0 Å². The molecular weight excluding hydrogens is 278 g/mol. The van der Waals surface area contributed by atoms with E-state index in [2.05, 4.69) is 39.9 Å². The van der Waals surface area contributed by atoms with Crippen LogP contribution >= 0.6 is 0 Å². The van der Waals surface area contributed by atoms with Crippen LogP contribution < -0.4 is 10.6 Å². The lowest BCUT2D eigenvalue weighted by Crippen LogP contribution is -2.40. The van der Waals surface area contributed by atoms with Crippen LogP contribution in [-0.4, -0.2) is 52.0 Å². The van der Waals surface area contributed by atoms with Gasteiger partial charge in [0.25, 0.3) is 0 Å². The van der Waals surface area contributed by atoms with E-state index < -0.39 is 0 Å². The molecule has 5 heteroatoms. The highest BCUT2D eigenvalue weighted by Crippen LogP contribution is 2.11. The molecule has 0 amide bonds. The van der Waals surface area contributed by atoms with Crippen LogP contribution in [0.2, 0.25) is 0 Å². The summed E-state index contributed by atoms with van der Waals surface area (Å²) in [5, 5.41) is 6.56. The second kappa shape index (κ2) is 10.2. The summed E-state index contributed by atoms with van der Waals surface area (Å²) in [5.41, 5.74) is 1.32. The maximum Gasteiger partial charge on any atom is 0.191 e. The largest absolute Gasteiger partial charge is 0.377 e. The van der Waals surface area contributed by atoms with Gasteiger partial charge in [-0.15, -0.1) is 0 Å². The van der Waals surface area contributed by atoms with Gasteiger partial charge in [-0.3, -0.25) is 4.99 Å². The minimum atomic E-state index is 0.295. The van der Waals surface area contributed by atoms with Gasteiger partial charge >= 0.3 is 0 Å². The van der Waals surface area contributed by atoms with E-state index in [0.717, 1.165) is 44.9 Å². The van der Waals surface area contributed by atoms with E-state index in [1.54, 1.807) is 7.05 Å². The molecule has 0 spiro atoms. The zero-order valence-corrected chi connectivity index (χ0v) is 13.4. The highest BCUT2D eigenvalue weighted by atomic mass is 16.5. The van der Waals surface area contributed by atoms with Gasteiger partial charge in [-0.2, -0.15) is 0 Å². The Balaban J connectivity index is 1.51. The molecule has 1 unspecified atom stereocenters. The van der Waals surface area contributed by atoms with E-state index >= 15 is 0 Å². The molecule has 1 aliphatic rings. The summed E-state index contributed by atoms with van der Waals surface area (Å²) in [7, 11) is 1.78. The number of rotatable bonds is 8. The fourth-order valence-electron chi connectivity index (χ4n) is 2.42.